The number of pyridine rings is 1. The molecule has 0 radical (unpaired) electrons. The molecule has 80 valence electrons. The van der Waals surface area contributed by atoms with E-state index in [2.05, 4.69) is 15.6 Å². The van der Waals surface area contributed by atoms with Gasteiger partial charge in [0, 0.05) is 19.4 Å². The van der Waals surface area contributed by atoms with Gasteiger partial charge in [-0.3, -0.25) is 14.6 Å². The lowest BCUT2D eigenvalue weighted by molar-refractivity contribution is -0.119. The third-order valence-corrected chi connectivity index (χ3v) is 2.01. The zero-order valence-electron chi connectivity index (χ0n) is 8.08. The number of halogens is 1. The van der Waals surface area contributed by atoms with Crippen LogP contribution in [-0.2, 0) is 4.79 Å². The predicted molar refractivity (Wildman–Crippen MR) is 55.6 cm³/mol. The highest BCUT2D eigenvalue weighted by Crippen LogP contribution is 2.12. The number of nitrogens with zero attached hydrogens (tertiary/aromatic N) is 1. The highest BCUT2D eigenvalue weighted by atomic mass is 35.5. The van der Waals surface area contributed by atoms with E-state index in [9.17, 15) is 9.59 Å². The highest BCUT2D eigenvalue weighted by Gasteiger charge is 2.10. The number of amides is 2. The van der Waals surface area contributed by atoms with E-state index in [1.54, 1.807) is 0 Å². The second-order valence-corrected chi connectivity index (χ2v) is 3.12. The van der Waals surface area contributed by atoms with Gasteiger partial charge in [-0.1, -0.05) is 11.6 Å². The van der Waals surface area contributed by atoms with E-state index in [4.69, 9.17) is 11.6 Å². The summed E-state index contributed by atoms with van der Waals surface area (Å²) in [6.45, 7) is -0.0754. The molecule has 1 rings (SSSR count). The van der Waals surface area contributed by atoms with Crippen molar-refractivity contribution in [3.05, 3.63) is 29.0 Å². The summed E-state index contributed by atoms with van der Waals surface area (Å²) in [4.78, 5) is 26.1. The van der Waals surface area contributed by atoms with Crippen LogP contribution in [0.2, 0.25) is 5.02 Å². The van der Waals surface area contributed by atoms with E-state index in [1.165, 1.54) is 25.5 Å². The summed E-state index contributed by atoms with van der Waals surface area (Å²) in [6.07, 6.45) is 2.83. The van der Waals surface area contributed by atoms with E-state index in [0.29, 0.717) is 5.56 Å². The van der Waals surface area contributed by atoms with Crippen LogP contribution in [0.4, 0.5) is 0 Å². The van der Waals surface area contributed by atoms with Crippen molar-refractivity contribution in [3.63, 3.8) is 0 Å². The molecule has 0 unspecified atom stereocenters. The van der Waals surface area contributed by atoms with Crippen LogP contribution < -0.4 is 10.6 Å². The molecule has 0 spiro atoms. The molecule has 0 bridgehead atoms. The fraction of sp³-hybridized carbons (Fsp3) is 0.222. The Morgan fingerprint density at radius 3 is 2.87 bits per heavy atom. The molecule has 0 fully saturated rings. The van der Waals surface area contributed by atoms with Crippen LogP contribution in [0.3, 0.4) is 0 Å². The Balaban J connectivity index is 2.62. The first-order chi connectivity index (χ1) is 7.15. The summed E-state index contributed by atoms with van der Waals surface area (Å²) < 4.78 is 0. The zero-order valence-corrected chi connectivity index (χ0v) is 8.84. The smallest absolute Gasteiger partial charge is 0.253 e. The molecule has 1 aromatic rings. The van der Waals surface area contributed by atoms with Gasteiger partial charge < -0.3 is 10.6 Å². The minimum Gasteiger partial charge on any atom is -0.358 e. The van der Waals surface area contributed by atoms with E-state index in [-0.39, 0.29) is 17.5 Å². The third kappa shape index (κ3) is 3.21. The molecule has 0 saturated carbocycles. The molecular weight excluding hydrogens is 218 g/mol. The first-order valence-electron chi connectivity index (χ1n) is 4.23. The van der Waals surface area contributed by atoms with Gasteiger partial charge in [-0.15, -0.1) is 0 Å². The lowest BCUT2D eigenvalue weighted by Gasteiger charge is -2.04. The number of carbonyl (C=O) groups is 2. The van der Waals surface area contributed by atoms with Crippen LogP contribution in [0.1, 0.15) is 10.4 Å². The number of rotatable bonds is 3. The van der Waals surface area contributed by atoms with E-state index >= 15 is 0 Å². The molecule has 2 N–H and O–H groups in total. The average Bonchev–Trinajstić information content (AvgIpc) is 2.26. The van der Waals surface area contributed by atoms with Gasteiger partial charge in [0.25, 0.3) is 5.91 Å². The standard InChI is InChI=1S/C9H10ClN3O2/c1-11-8(14)5-13-9(15)6-2-3-12-4-7(6)10/h2-4H,5H2,1H3,(H,11,14)(H,13,15). The van der Waals surface area contributed by atoms with E-state index in [0.717, 1.165) is 0 Å². The highest BCUT2D eigenvalue weighted by molar-refractivity contribution is 6.33. The van der Waals surface area contributed by atoms with Crippen molar-refractivity contribution < 1.29 is 9.59 Å². The van der Waals surface area contributed by atoms with Gasteiger partial charge in [-0.05, 0) is 6.07 Å². The first-order valence-corrected chi connectivity index (χ1v) is 4.61. The van der Waals surface area contributed by atoms with Crippen LogP contribution in [0, 0.1) is 0 Å². The molecule has 15 heavy (non-hydrogen) atoms. The summed E-state index contributed by atoms with van der Waals surface area (Å²) in [5, 5.41) is 5.07. The Morgan fingerprint density at radius 2 is 2.27 bits per heavy atom. The van der Waals surface area contributed by atoms with Crippen molar-refractivity contribution in [2.75, 3.05) is 13.6 Å². The molecular formula is C9H10ClN3O2. The second-order valence-electron chi connectivity index (χ2n) is 2.71. The van der Waals surface area contributed by atoms with Gasteiger partial charge in [0.1, 0.15) is 0 Å². The van der Waals surface area contributed by atoms with Crippen LogP contribution in [0.15, 0.2) is 18.5 Å². The van der Waals surface area contributed by atoms with Gasteiger partial charge in [-0.2, -0.15) is 0 Å². The Hall–Kier alpha value is -1.62. The Bertz CT molecular complexity index is 381. The van der Waals surface area contributed by atoms with Gasteiger partial charge in [0.15, 0.2) is 0 Å². The van der Waals surface area contributed by atoms with E-state index < -0.39 is 5.91 Å². The molecule has 2 amide bonds. The topological polar surface area (TPSA) is 71.1 Å². The van der Waals surface area contributed by atoms with Crippen LogP contribution in [-0.4, -0.2) is 30.4 Å². The van der Waals surface area contributed by atoms with Crippen molar-refractivity contribution >= 4 is 23.4 Å². The summed E-state index contributed by atoms with van der Waals surface area (Å²) in [6, 6.07) is 1.49. The van der Waals surface area contributed by atoms with Crippen molar-refractivity contribution in [2.45, 2.75) is 0 Å². The quantitative estimate of drug-likeness (QED) is 0.776. The number of hydrogen-bond acceptors (Lipinski definition) is 3. The van der Waals surface area contributed by atoms with Gasteiger partial charge in [-0.25, -0.2) is 0 Å². The number of aromatic nitrogens is 1. The summed E-state index contributed by atoms with van der Waals surface area (Å²) in [7, 11) is 1.49. The van der Waals surface area contributed by atoms with Crippen LogP contribution >= 0.6 is 11.6 Å². The number of likely N-dealkylation sites (N-methyl/N-ethyl adjacent to an activating group) is 1. The molecule has 5 nitrogen and oxygen atoms in total. The van der Waals surface area contributed by atoms with Crippen molar-refractivity contribution in [1.29, 1.82) is 0 Å². The first kappa shape index (κ1) is 11.5. The second kappa shape index (κ2) is 5.31. The van der Waals surface area contributed by atoms with Gasteiger partial charge in [0.05, 0.1) is 17.1 Å². The van der Waals surface area contributed by atoms with Crippen LogP contribution in [0.5, 0.6) is 0 Å². The minimum absolute atomic E-state index is 0.0754. The van der Waals surface area contributed by atoms with E-state index in [1.807, 2.05) is 0 Å². The SMILES string of the molecule is CNC(=O)CNC(=O)c1ccncc1Cl. The summed E-state index contributed by atoms with van der Waals surface area (Å²) >= 11 is 5.74. The largest absolute Gasteiger partial charge is 0.358 e. The number of carbonyl (C=O) groups excluding carboxylic acids is 2. The third-order valence-electron chi connectivity index (χ3n) is 1.71. The molecule has 6 heteroatoms. The van der Waals surface area contributed by atoms with Crippen molar-refractivity contribution in [2.24, 2.45) is 0 Å². The molecule has 0 aromatic carbocycles. The molecule has 0 aliphatic rings. The lowest BCUT2D eigenvalue weighted by Crippen LogP contribution is -2.35. The number of nitrogens with one attached hydrogen (secondary N) is 2. The van der Waals surface area contributed by atoms with Gasteiger partial charge >= 0.3 is 0 Å². The molecule has 1 heterocycles. The molecule has 0 aliphatic heterocycles. The normalized spacial score (nSPS) is 9.47. The van der Waals surface area contributed by atoms with Crippen molar-refractivity contribution in [1.82, 2.24) is 15.6 Å². The summed E-state index contributed by atoms with van der Waals surface area (Å²) in [5.74, 6) is -0.667. The molecule has 0 atom stereocenters. The van der Waals surface area contributed by atoms with Crippen LogP contribution in [0.25, 0.3) is 0 Å². The Kier molecular flexibility index (Phi) is 4.05. The maximum absolute atomic E-state index is 11.5. The number of hydrogen-bond donors (Lipinski definition) is 2. The summed E-state index contributed by atoms with van der Waals surface area (Å²) in [5.41, 5.74) is 0.301. The molecule has 1 aromatic heterocycles. The van der Waals surface area contributed by atoms with Gasteiger partial charge in [0.2, 0.25) is 5.91 Å². The molecule has 0 aliphatic carbocycles. The Morgan fingerprint density at radius 1 is 1.53 bits per heavy atom. The zero-order chi connectivity index (χ0) is 11.3. The minimum atomic E-state index is -0.397. The predicted octanol–water partition coefficient (Wildman–Crippen LogP) is 0.211. The molecule has 0 saturated heterocycles. The maximum Gasteiger partial charge on any atom is 0.253 e. The lowest BCUT2D eigenvalue weighted by atomic mass is 10.2. The monoisotopic (exact) mass is 227 g/mol. The average molecular weight is 228 g/mol. The van der Waals surface area contributed by atoms with Crippen molar-refractivity contribution in [3.8, 4) is 0 Å². The Labute approximate surface area is 91.8 Å². The fourth-order valence-corrected chi connectivity index (χ4v) is 1.11. The maximum atomic E-state index is 11.5. The fourth-order valence-electron chi connectivity index (χ4n) is 0.904.